The van der Waals surface area contributed by atoms with Crippen molar-refractivity contribution >= 4 is 46.5 Å². The minimum Gasteiger partial charge on any atom is -0.482 e. The number of nitrogens with zero attached hydrogens (tertiary/aromatic N) is 2. The zero-order valence-corrected chi connectivity index (χ0v) is 20.4. The molecule has 0 radical (unpaired) electrons. The Labute approximate surface area is 213 Å². The average Bonchev–Trinajstić information content (AvgIpc) is 3.38. The molecule has 6 rings (SSSR count). The molecule has 3 aromatic carbocycles. The molecule has 1 N–H and O–H groups in total. The van der Waals surface area contributed by atoms with E-state index < -0.39 is 0 Å². The molecule has 3 aromatic rings. The van der Waals surface area contributed by atoms with Crippen LogP contribution in [-0.4, -0.2) is 36.9 Å². The first-order valence-corrected chi connectivity index (χ1v) is 13.0. The van der Waals surface area contributed by atoms with Crippen LogP contribution in [-0.2, 0) is 9.59 Å². The summed E-state index contributed by atoms with van der Waals surface area (Å²) in [6.45, 7) is -0.205. The van der Waals surface area contributed by atoms with Crippen LogP contribution in [0.15, 0.2) is 76.5 Å². The SMILES string of the molecule is O=C(CN1C(=O)COc2ccccc21)Nc1ccc2c(c1)Sc1ccccc1C(=O)N2C1CCCC1. The van der Waals surface area contributed by atoms with Gasteiger partial charge in [-0.15, -0.1) is 0 Å². The van der Waals surface area contributed by atoms with Gasteiger partial charge in [0.2, 0.25) is 5.91 Å². The van der Waals surface area contributed by atoms with Crippen LogP contribution in [0.5, 0.6) is 5.75 Å². The lowest BCUT2D eigenvalue weighted by Gasteiger charge is -2.30. The fourth-order valence-electron chi connectivity index (χ4n) is 5.16. The number of fused-ring (bicyclic) bond motifs is 3. The van der Waals surface area contributed by atoms with Gasteiger partial charge in [-0.2, -0.15) is 0 Å². The monoisotopic (exact) mass is 499 g/mol. The highest BCUT2D eigenvalue weighted by Gasteiger charge is 2.34. The van der Waals surface area contributed by atoms with Gasteiger partial charge in [0, 0.05) is 21.5 Å². The van der Waals surface area contributed by atoms with Crippen molar-refractivity contribution in [3.8, 4) is 5.75 Å². The van der Waals surface area contributed by atoms with E-state index in [1.54, 1.807) is 23.9 Å². The highest BCUT2D eigenvalue weighted by Crippen LogP contribution is 2.45. The quantitative estimate of drug-likeness (QED) is 0.540. The molecule has 0 aromatic heterocycles. The minimum atomic E-state index is -0.303. The largest absolute Gasteiger partial charge is 0.482 e. The van der Waals surface area contributed by atoms with E-state index in [0.717, 1.165) is 41.2 Å². The highest BCUT2D eigenvalue weighted by atomic mass is 32.2. The molecule has 8 heteroatoms. The fraction of sp³-hybridized carbons (Fsp3) is 0.250. The van der Waals surface area contributed by atoms with Crippen molar-refractivity contribution in [3.63, 3.8) is 0 Å². The molecule has 1 saturated carbocycles. The van der Waals surface area contributed by atoms with E-state index in [2.05, 4.69) is 5.32 Å². The zero-order chi connectivity index (χ0) is 24.6. The van der Waals surface area contributed by atoms with Gasteiger partial charge in [-0.3, -0.25) is 19.3 Å². The first-order valence-electron chi connectivity index (χ1n) is 12.1. The van der Waals surface area contributed by atoms with E-state index in [-0.39, 0.29) is 36.9 Å². The molecule has 182 valence electrons. The fourth-order valence-corrected chi connectivity index (χ4v) is 6.26. The molecule has 1 fully saturated rings. The predicted molar refractivity (Wildman–Crippen MR) is 139 cm³/mol. The molecule has 2 aliphatic heterocycles. The van der Waals surface area contributed by atoms with E-state index >= 15 is 0 Å². The Hall–Kier alpha value is -3.78. The maximum atomic E-state index is 13.6. The molecular formula is C28H25N3O4S. The summed E-state index contributed by atoms with van der Waals surface area (Å²) in [7, 11) is 0. The van der Waals surface area contributed by atoms with Crippen molar-refractivity contribution in [3.05, 3.63) is 72.3 Å². The van der Waals surface area contributed by atoms with Gasteiger partial charge in [-0.1, -0.05) is 48.9 Å². The molecule has 0 spiro atoms. The summed E-state index contributed by atoms with van der Waals surface area (Å²) in [6, 6.07) is 20.7. The van der Waals surface area contributed by atoms with E-state index in [9.17, 15) is 14.4 Å². The molecule has 0 unspecified atom stereocenters. The van der Waals surface area contributed by atoms with Crippen LogP contribution < -0.4 is 19.9 Å². The summed E-state index contributed by atoms with van der Waals surface area (Å²) in [5.74, 6) is 0.0538. The molecule has 1 aliphatic carbocycles. The summed E-state index contributed by atoms with van der Waals surface area (Å²) in [5.41, 5.74) is 2.80. The first-order chi connectivity index (χ1) is 17.6. The Morgan fingerprint density at radius 1 is 0.944 bits per heavy atom. The van der Waals surface area contributed by atoms with Crippen molar-refractivity contribution in [2.24, 2.45) is 0 Å². The number of hydrogen-bond acceptors (Lipinski definition) is 5. The van der Waals surface area contributed by atoms with Crippen LogP contribution in [0, 0.1) is 0 Å². The second-order valence-electron chi connectivity index (χ2n) is 9.18. The molecule has 0 atom stereocenters. The van der Waals surface area contributed by atoms with Crippen molar-refractivity contribution in [1.29, 1.82) is 0 Å². The molecule has 7 nitrogen and oxygen atoms in total. The lowest BCUT2D eigenvalue weighted by atomic mass is 10.1. The Bertz CT molecular complexity index is 1370. The van der Waals surface area contributed by atoms with Gasteiger partial charge < -0.3 is 15.0 Å². The highest BCUT2D eigenvalue weighted by molar-refractivity contribution is 7.99. The van der Waals surface area contributed by atoms with Crippen LogP contribution in [0.2, 0.25) is 0 Å². The van der Waals surface area contributed by atoms with E-state index in [4.69, 9.17) is 4.74 Å². The van der Waals surface area contributed by atoms with Crippen molar-refractivity contribution in [2.45, 2.75) is 41.5 Å². The topological polar surface area (TPSA) is 79.0 Å². The van der Waals surface area contributed by atoms with Gasteiger partial charge in [0.05, 0.1) is 16.9 Å². The Morgan fingerprint density at radius 3 is 2.58 bits per heavy atom. The lowest BCUT2D eigenvalue weighted by Crippen LogP contribution is -2.43. The van der Waals surface area contributed by atoms with Crippen molar-refractivity contribution in [1.82, 2.24) is 0 Å². The van der Waals surface area contributed by atoms with Crippen LogP contribution in [0.25, 0.3) is 0 Å². The van der Waals surface area contributed by atoms with E-state index in [1.807, 2.05) is 59.5 Å². The standard InChI is InChI=1S/C28H25N3O4S/c32-26(16-30-21-10-4-5-11-23(21)35-17-27(30)33)29-18-13-14-22-25(15-18)36-24-12-6-3-9-20(24)28(34)31(22)19-7-1-2-8-19/h3-6,9-15,19H,1-2,7-8,16-17H2,(H,29,32). The number of benzene rings is 3. The lowest BCUT2D eigenvalue weighted by molar-refractivity contribution is -0.123. The number of para-hydroxylation sites is 2. The predicted octanol–water partition coefficient (Wildman–Crippen LogP) is 5.10. The van der Waals surface area contributed by atoms with Gasteiger partial charge >= 0.3 is 0 Å². The van der Waals surface area contributed by atoms with Crippen LogP contribution in [0.1, 0.15) is 36.0 Å². The Balaban J connectivity index is 1.28. The molecule has 0 bridgehead atoms. The third-order valence-corrected chi connectivity index (χ3v) is 7.98. The van der Waals surface area contributed by atoms with Gasteiger partial charge in [0.1, 0.15) is 12.3 Å². The number of carbonyl (C=O) groups is 3. The number of carbonyl (C=O) groups excluding carboxylic acids is 3. The van der Waals surface area contributed by atoms with Gasteiger partial charge in [-0.05, 0) is 55.3 Å². The smallest absolute Gasteiger partial charge is 0.265 e. The number of nitrogens with one attached hydrogen (secondary N) is 1. The third kappa shape index (κ3) is 4.11. The van der Waals surface area contributed by atoms with Crippen LogP contribution in [0.4, 0.5) is 17.1 Å². The Morgan fingerprint density at radius 2 is 1.72 bits per heavy atom. The summed E-state index contributed by atoms with van der Waals surface area (Å²) < 4.78 is 5.47. The summed E-state index contributed by atoms with van der Waals surface area (Å²) >= 11 is 1.54. The molecule has 2 heterocycles. The van der Waals surface area contributed by atoms with E-state index in [0.29, 0.717) is 22.7 Å². The van der Waals surface area contributed by atoms with Crippen molar-refractivity contribution < 1.29 is 19.1 Å². The molecule has 3 amide bonds. The second-order valence-corrected chi connectivity index (χ2v) is 10.3. The number of hydrogen-bond donors (Lipinski definition) is 1. The summed E-state index contributed by atoms with van der Waals surface area (Å²) in [5, 5.41) is 2.94. The second kappa shape index (κ2) is 9.35. The van der Waals surface area contributed by atoms with Gasteiger partial charge in [-0.25, -0.2) is 0 Å². The maximum absolute atomic E-state index is 13.6. The van der Waals surface area contributed by atoms with Gasteiger partial charge in [0.25, 0.3) is 11.8 Å². The molecule has 3 aliphatic rings. The molecule has 0 saturated heterocycles. The van der Waals surface area contributed by atoms with Crippen LogP contribution in [0.3, 0.4) is 0 Å². The first kappa shape index (κ1) is 22.7. The molecule has 36 heavy (non-hydrogen) atoms. The van der Waals surface area contributed by atoms with E-state index in [1.165, 1.54) is 4.90 Å². The number of amides is 3. The average molecular weight is 500 g/mol. The summed E-state index contributed by atoms with van der Waals surface area (Å²) in [4.78, 5) is 44.3. The number of anilines is 3. The number of ether oxygens (including phenoxy) is 1. The zero-order valence-electron chi connectivity index (χ0n) is 19.6. The molecular weight excluding hydrogens is 474 g/mol. The number of rotatable bonds is 4. The van der Waals surface area contributed by atoms with Gasteiger partial charge in [0.15, 0.2) is 6.61 Å². The summed E-state index contributed by atoms with van der Waals surface area (Å²) in [6.07, 6.45) is 4.23. The maximum Gasteiger partial charge on any atom is 0.265 e. The van der Waals surface area contributed by atoms with Crippen LogP contribution >= 0.6 is 11.8 Å². The van der Waals surface area contributed by atoms with Crippen molar-refractivity contribution in [2.75, 3.05) is 28.3 Å². The Kier molecular flexibility index (Phi) is 5.89. The minimum absolute atomic E-state index is 0.0324. The third-order valence-electron chi connectivity index (χ3n) is 6.86. The normalized spacial score (nSPS) is 17.1.